The van der Waals surface area contributed by atoms with Crippen LogP contribution in [0.25, 0.3) is 10.9 Å². The molecule has 0 bridgehead atoms. The summed E-state index contributed by atoms with van der Waals surface area (Å²) in [5.41, 5.74) is 3.95. The van der Waals surface area contributed by atoms with E-state index in [1.54, 1.807) is 35.3 Å². The van der Waals surface area contributed by atoms with Gasteiger partial charge in [-0.2, -0.15) is 5.26 Å². The lowest BCUT2D eigenvalue weighted by Gasteiger charge is -2.22. The third-order valence-electron chi connectivity index (χ3n) is 6.96. The van der Waals surface area contributed by atoms with Crippen molar-refractivity contribution < 1.29 is 1.37 Å². The van der Waals surface area contributed by atoms with Crippen molar-refractivity contribution in [3.05, 3.63) is 106 Å². The first-order chi connectivity index (χ1) is 19.9. The van der Waals surface area contributed by atoms with Gasteiger partial charge >= 0.3 is 0 Å². The predicted molar refractivity (Wildman–Crippen MR) is 158 cm³/mol. The summed E-state index contributed by atoms with van der Waals surface area (Å²) in [6, 6.07) is 17.9. The van der Waals surface area contributed by atoms with E-state index in [1.807, 2.05) is 24.3 Å². The lowest BCUT2D eigenvalue weighted by molar-refractivity contribution is 0.610. The summed E-state index contributed by atoms with van der Waals surface area (Å²) in [4.78, 5) is 8.70. The lowest BCUT2D eigenvalue weighted by atomic mass is 10.0. The number of nitrogens with zero attached hydrogens (tertiary/aromatic N) is 6. The van der Waals surface area contributed by atoms with Crippen LogP contribution in [0.5, 0.6) is 0 Å². The Morgan fingerprint density at radius 2 is 1.95 bits per heavy atom. The molecule has 0 amide bonds. The van der Waals surface area contributed by atoms with E-state index in [0.717, 1.165) is 24.8 Å². The summed E-state index contributed by atoms with van der Waals surface area (Å²) < 4.78 is 11.4. The predicted octanol–water partition coefficient (Wildman–Crippen LogP) is 7.50. The average Bonchev–Trinajstić information content (AvgIpc) is 3.71. The van der Waals surface area contributed by atoms with E-state index in [-0.39, 0.29) is 11.2 Å². The number of anilines is 2. The second-order valence-corrected chi connectivity index (χ2v) is 10.5. The molecule has 0 unspecified atom stereocenters. The number of hydrogen-bond donors (Lipinski definition) is 2. The van der Waals surface area contributed by atoms with Gasteiger partial charge in [-0.1, -0.05) is 71.7 Å². The molecule has 2 atom stereocenters. The van der Waals surface area contributed by atoms with Gasteiger partial charge in [-0.25, -0.2) is 9.67 Å². The van der Waals surface area contributed by atoms with Crippen LogP contribution in [-0.2, 0) is 0 Å². The molecule has 2 aromatic carbocycles. The SMILES string of the molecule is [2H][C@@](Nc1cc(Cl)c2ncc(C#N)c(N[C@H](CC)c3ccccc3)c2c1)(c1cn(C2CC2)nn1)c1cccnc1Cl. The summed E-state index contributed by atoms with van der Waals surface area (Å²) in [6.45, 7) is 2.08. The first kappa shape index (κ1) is 24.8. The number of benzene rings is 2. The molecule has 40 heavy (non-hydrogen) atoms. The fourth-order valence-corrected chi connectivity index (χ4v) is 5.23. The normalized spacial score (nSPS) is 15.6. The van der Waals surface area contributed by atoms with Gasteiger partial charge in [0.25, 0.3) is 0 Å². The Hall–Kier alpha value is -4.19. The zero-order chi connectivity index (χ0) is 28.6. The van der Waals surface area contributed by atoms with Crippen molar-refractivity contribution in [1.29, 1.82) is 5.26 Å². The molecule has 3 heterocycles. The van der Waals surface area contributed by atoms with E-state index in [9.17, 15) is 6.63 Å². The van der Waals surface area contributed by atoms with Crippen LogP contribution in [0.1, 0.15) is 68.0 Å². The minimum Gasteiger partial charge on any atom is -0.377 e. The highest BCUT2D eigenvalue weighted by Crippen LogP contribution is 2.39. The fraction of sp³-hybridized carbons (Fsp3) is 0.233. The number of fused-ring (bicyclic) bond motifs is 1. The molecule has 1 aliphatic rings. The zero-order valence-corrected chi connectivity index (χ0v) is 23.2. The van der Waals surface area contributed by atoms with Crippen LogP contribution >= 0.6 is 23.2 Å². The van der Waals surface area contributed by atoms with Gasteiger partial charge in [-0.15, -0.1) is 5.10 Å². The summed E-state index contributed by atoms with van der Waals surface area (Å²) in [7, 11) is 0. The summed E-state index contributed by atoms with van der Waals surface area (Å²) in [5, 5.41) is 26.7. The van der Waals surface area contributed by atoms with Crippen LogP contribution in [0.3, 0.4) is 0 Å². The molecule has 0 aliphatic heterocycles. The molecule has 5 aromatic rings. The van der Waals surface area contributed by atoms with Gasteiger partial charge < -0.3 is 10.6 Å². The van der Waals surface area contributed by atoms with Gasteiger partial charge in [0.1, 0.15) is 22.9 Å². The Kier molecular flexibility index (Phi) is 6.90. The van der Waals surface area contributed by atoms with Gasteiger partial charge in [0.15, 0.2) is 0 Å². The molecule has 8 nitrogen and oxygen atoms in total. The number of nitrogens with one attached hydrogen (secondary N) is 2. The molecule has 1 saturated carbocycles. The van der Waals surface area contributed by atoms with E-state index in [4.69, 9.17) is 23.2 Å². The zero-order valence-electron chi connectivity index (χ0n) is 22.6. The number of aromatic nitrogens is 5. The van der Waals surface area contributed by atoms with Gasteiger partial charge in [0, 0.05) is 29.0 Å². The minimum absolute atomic E-state index is 0.0498. The average molecular weight is 571 g/mol. The molecular formula is C30H26Cl2N8. The second-order valence-electron chi connectivity index (χ2n) is 9.69. The quantitative estimate of drug-likeness (QED) is 0.177. The molecule has 6 rings (SSSR count). The maximum absolute atomic E-state index is 9.99. The molecule has 10 heteroatoms. The molecule has 0 saturated heterocycles. The van der Waals surface area contributed by atoms with Crippen molar-refractivity contribution in [1.82, 2.24) is 25.0 Å². The molecule has 1 aliphatic carbocycles. The van der Waals surface area contributed by atoms with Crippen LogP contribution in [0.4, 0.5) is 11.4 Å². The number of nitriles is 1. The molecule has 0 spiro atoms. The Bertz CT molecular complexity index is 1770. The largest absolute Gasteiger partial charge is 0.377 e. The Morgan fingerprint density at radius 3 is 2.67 bits per heavy atom. The monoisotopic (exact) mass is 569 g/mol. The molecule has 200 valence electrons. The van der Waals surface area contributed by atoms with Crippen molar-refractivity contribution in [2.75, 3.05) is 10.6 Å². The van der Waals surface area contributed by atoms with E-state index < -0.39 is 6.02 Å². The molecule has 0 radical (unpaired) electrons. The van der Waals surface area contributed by atoms with E-state index in [1.165, 1.54) is 6.20 Å². The van der Waals surface area contributed by atoms with E-state index in [2.05, 4.69) is 56.0 Å². The van der Waals surface area contributed by atoms with Crippen molar-refractivity contribution >= 4 is 45.5 Å². The molecular weight excluding hydrogens is 543 g/mol. The van der Waals surface area contributed by atoms with Crippen LogP contribution in [0, 0.1) is 11.3 Å². The highest BCUT2D eigenvalue weighted by Gasteiger charge is 2.28. The van der Waals surface area contributed by atoms with Crippen molar-refractivity contribution in [3.8, 4) is 6.07 Å². The number of rotatable bonds is 9. The van der Waals surface area contributed by atoms with Crippen LogP contribution in [-0.4, -0.2) is 25.0 Å². The number of pyridine rings is 2. The number of hydrogen-bond acceptors (Lipinski definition) is 7. The van der Waals surface area contributed by atoms with Gasteiger partial charge in [-0.05, 0) is 43.0 Å². The molecule has 1 fully saturated rings. The third-order valence-corrected chi connectivity index (χ3v) is 7.55. The summed E-state index contributed by atoms with van der Waals surface area (Å²) >= 11 is 13.3. The van der Waals surface area contributed by atoms with Gasteiger partial charge in [0.2, 0.25) is 0 Å². The van der Waals surface area contributed by atoms with Crippen molar-refractivity contribution in [2.45, 2.75) is 44.3 Å². The first-order valence-electron chi connectivity index (χ1n) is 13.6. The standard InChI is InChI=1S/C30H26Cl2N8/c1-2-25(18-7-4-3-5-8-18)37-27-19(15-33)16-35-28-23(27)13-20(14-24(28)31)36-29(22-9-6-12-34-30(22)32)26-17-40(39-38-26)21-10-11-21/h3-9,12-14,16-17,21,25,29,36H,2,10-11H2,1H3,(H,35,37)/t25-,29+/m1/s1/i29D. The van der Waals surface area contributed by atoms with Crippen LogP contribution < -0.4 is 10.6 Å². The highest BCUT2D eigenvalue weighted by atomic mass is 35.5. The Labute approximate surface area is 243 Å². The van der Waals surface area contributed by atoms with Crippen LogP contribution in [0.2, 0.25) is 10.2 Å². The first-order valence-corrected chi connectivity index (χ1v) is 13.8. The van der Waals surface area contributed by atoms with Crippen molar-refractivity contribution in [2.24, 2.45) is 0 Å². The Balaban J connectivity index is 1.47. The maximum atomic E-state index is 9.99. The minimum atomic E-state index is -1.64. The van der Waals surface area contributed by atoms with Gasteiger partial charge in [0.05, 0.1) is 41.4 Å². The fourth-order valence-electron chi connectivity index (χ4n) is 4.75. The summed E-state index contributed by atoms with van der Waals surface area (Å²) in [5.74, 6) is 0. The lowest BCUT2D eigenvalue weighted by Crippen LogP contribution is -2.14. The molecule has 3 aromatic heterocycles. The summed E-state index contributed by atoms with van der Waals surface area (Å²) in [6.07, 6.45) is 7.72. The van der Waals surface area contributed by atoms with E-state index >= 15 is 0 Å². The Morgan fingerprint density at radius 1 is 1.12 bits per heavy atom. The van der Waals surface area contributed by atoms with E-state index in [0.29, 0.717) is 50.2 Å². The highest BCUT2D eigenvalue weighted by molar-refractivity contribution is 6.36. The number of halogens is 2. The van der Waals surface area contributed by atoms with Gasteiger partial charge in [-0.3, -0.25) is 4.98 Å². The topological polar surface area (TPSA) is 104 Å². The van der Waals surface area contributed by atoms with Crippen molar-refractivity contribution in [3.63, 3.8) is 0 Å². The maximum Gasteiger partial charge on any atom is 0.134 e. The van der Waals surface area contributed by atoms with Crippen LogP contribution in [0.15, 0.2) is 73.2 Å². The second kappa shape index (κ2) is 11.1. The smallest absolute Gasteiger partial charge is 0.134 e. The molecule has 2 N–H and O–H groups in total. The third kappa shape index (κ3) is 5.18.